The van der Waals surface area contributed by atoms with Crippen LogP contribution in [0.3, 0.4) is 0 Å². The summed E-state index contributed by atoms with van der Waals surface area (Å²) in [4.78, 5) is 4.82. The molecule has 1 fully saturated rings. The van der Waals surface area contributed by atoms with E-state index in [1.54, 1.807) is 0 Å². The molecule has 0 aromatic heterocycles. The molecule has 0 amide bonds. The first-order valence-corrected chi connectivity index (χ1v) is 5.83. The molecule has 1 aliphatic carbocycles. The second-order valence-corrected chi connectivity index (χ2v) is 4.57. The summed E-state index contributed by atoms with van der Waals surface area (Å²) >= 11 is 0. The average molecular weight is 199 g/mol. The fraction of sp³-hybridized carbons (Fsp3) is 1.00. The minimum absolute atomic E-state index is 0.796. The third-order valence-corrected chi connectivity index (χ3v) is 3.09. The van der Waals surface area contributed by atoms with Crippen LogP contribution in [-0.4, -0.2) is 56.1 Å². The Balaban J connectivity index is 2.29. The molecule has 0 saturated heterocycles. The highest BCUT2D eigenvalue weighted by molar-refractivity contribution is 4.78. The van der Waals surface area contributed by atoms with E-state index in [9.17, 15) is 0 Å². The molecule has 0 aromatic carbocycles. The normalized spacial score (nSPS) is 18.6. The monoisotopic (exact) mass is 199 g/mol. The average Bonchev–Trinajstić information content (AvgIpc) is 2.64. The van der Waals surface area contributed by atoms with E-state index < -0.39 is 0 Å². The molecule has 1 rings (SSSR count). The minimum atomic E-state index is 0.796. The Morgan fingerprint density at radius 3 is 2.21 bits per heavy atom. The molecule has 84 valence electrons. The van der Waals surface area contributed by atoms with Crippen molar-refractivity contribution < 1.29 is 0 Å². The van der Waals surface area contributed by atoms with Crippen LogP contribution >= 0.6 is 0 Å². The molecule has 14 heavy (non-hydrogen) atoms. The Morgan fingerprint density at radius 2 is 1.71 bits per heavy atom. The van der Waals surface area contributed by atoms with Gasteiger partial charge in [-0.25, -0.2) is 0 Å². The van der Waals surface area contributed by atoms with Gasteiger partial charge in [0, 0.05) is 32.2 Å². The van der Waals surface area contributed by atoms with Crippen molar-refractivity contribution in [2.24, 2.45) is 5.73 Å². The van der Waals surface area contributed by atoms with Crippen molar-refractivity contribution in [1.82, 2.24) is 9.80 Å². The van der Waals surface area contributed by atoms with Crippen LogP contribution in [-0.2, 0) is 0 Å². The zero-order valence-electron chi connectivity index (χ0n) is 9.71. The fourth-order valence-electron chi connectivity index (χ4n) is 2.24. The van der Waals surface area contributed by atoms with Gasteiger partial charge in [-0.1, -0.05) is 12.8 Å². The summed E-state index contributed by atoms with van der Waals surface area (Å²) in [5, 5.41) is 0. The standard InChI is InChI=1S/C11H25N3/c1-13(2)9-10-14(8-7-12)11-5-3-4-6-11/h11H,3-10,12H2,1-2H3. The lowest BCUT2D eigenvalue weighted by Gasteiger charge is -2.29. The fourth-order valence-corrected chi connectivity index (χ4v) is 2.24. The highest BCUT2D eigenvalue weighted by Crippen LogP contribution is 2.22. The highest BCUT2D eigenvalue weighted by atomic mass is 15.2. The molecule has 2 N–H and O–H groups in total. The van der Waals surface area contributed by atoms with E-state index in [2.05, 4.69) is 23.9 Å². The van der Waals surface area contributed by atoms with Crippen LogP contribution in [0.1, 0.15) is 25.7 Å². The van der Waals surface area contributed by atoms with Gasteiger partial charge in [0.2, 0.25) is 0 Å². The molecule has 0 heterocycles. The molecule has 1 saturated carbocycles. The molecule has 0 radical (unpaired) electrons. The summed E-state index contributed by atoms with van der Waals surface area (Å²) < 4.78 is 0. The lowest BCUT2D eigenvalue weighted by Crippen LogP contribution is -2.41. The number of nitrogens with two attached hydrogens (primary N) is 1. The van der Waals surface area contributed by atoms with Crippen molar-refractivity contribution in [3.63, 3.8) is 0 Å². The number of likely N-dealkylation sites (N-methyl/N-ethyl adjacent to an activating group) is 1. The van der Waals surface area contributed by atoms with Crippen molar-refractivity contribution in [3.8, 4) is 0 Å². The van der Waals surface area contributed by atoms with Gasteiger partial charge in [0.25, 0.3) is 0 Å². The maximum Gasteiger partial charge on any atom is 0.0113 e. The summed E-state index contributed by atoms with van der Waals surface area (Å²) in [6, 6.07) is 0.818. The second-order valence-electron chi connectivity index (χ2n) is 4.57. The molecule has 0 atom stereocenters. The van der Waals surface area contributed by atoms with Crippen LogP contribution in [0.25, 0.3) is 0 Å². The van der Waals surface area contributed by atoms with Crippen LogP contribution < -0.4 is 5.73 Å². The molecule has 0 spiro atoms. The Hall–Kier alpha value is -0.120. The molecule has 3 nitrogen and oxygen atoms in total. The summed E-state index contributed by atoms with van der Waals surface area (Å²) in [6.45, 7) is 4.19. The van der Waals surface area contributed by atoms with Gasteiger partial charge in [0.1, 0.15) is 0 Å². The molecule has 1 aliphatic rings. The number of hydrogen-bond donors (Lipinski definition) is 1. The van der Waals surface area contributed by atoms with Crippen LogP contribution in [0.5, 0.6) is 0 Å². The molecule has 0 aliphatic heterocycles. The van der Waals surface area contributed by atoms with Crippen molar-refractivity contribution >= 4 is 0 Å². The van der Waals surface area contributed by atoms with Crippen molar-refractivity contribution in [1.29, 1.82) is 0 Å². The quantitative estimate of drug-likeness (QED) is 0.685. The first-order chi connectivity index (χ1) is 6.74. The first kappa shape index (κ1) is 12.0. The molecule has 0 unspecified atom stereocenters. The summed E-state index contributed by atoms with van der Waals surface area (Å²) in [7, 11) is 4.27. The lowest BCUT2D eigenvalue weighted by molar-refractivity contribution is 0.185. The van der Waals surface area contributed by atoms with Crippen LogP contribution in [0.2, 0.25) is 0 Å². The molecule has 3 heteroatoms. The summed E-state index contributed by atoms with van der Waals surface area (Å²) in [6.07, 6.45) is 5.59. The highest BCUT2D eigenvalue weighted by Gasteiger charge is 2.21. The lowest BCUT2D eigenvalue weighted by atomic mass is 10.2. The van der Waals surface area contributed by atoms with E-state index >= 15 is 0 Å². The van der Waals surface area contributed by atoms with Crippen molar-refractivity contribution in [2.75, 3.05) is 40.3 Å². The molecule has 0 bridgehead atoms. The van der Waals surface area contributed by atoms with E-state index in [1.807, 2.05) is 0 Å². The summed E-state index contributed by atoms with van der Waals surface area (Å²) in [5.41, 5.74) is 5.65. The van der Waals surface area contributed by atoms with Gasteiger partial charge in [0.05, 0.1) is 0 Å². The van der Waals surface area contributed by atoms with Gasteiger partial charge >= 0.3 is 0 Å². The van der Waals surface area contributed by atoms with Gasteiger partial charge in [-0.05, 0) is 26.9 Å². The Bertz CT molecular complexity index is 141. The zero-order valence-corrected chi connectivity index (χ0v) is 9.71. The third-order valence-electron chi connectivity index (χ3n) is 3.09. The van der Waals surface area contributed by atoms with E-state index in [4.69, 9.17) is 5.73 Å². The largest absolute Gasteiger partial charge is 0.329 e. The van der Waals surface area contributed by atoms with Crippen molar-refractivity contribution in [3.05, 3.63) is 0 Å². The van der Waals surface area contributed by atoms with Crippen LogP contribution in [0.15, 0.2) is 0 Å². The predicted octanol–water partition coefficient (Wildman–Crippen LogP) is 0.751. The SMILES string of the molecule is CN(C)CCN(CCN)C1CCCC1. The van der Waals surface area contributed by atoms with Gasteiger partial charge in [-0.15, -0.1) is 0 Å². The molecular formula is C11H25N3. The minimum Gasteiger partial charge on any atom is -0.329 e. The second kappa shape index (κ2) is 6.38. The van der Waals surface area contributed by atoms with Gasteiger partial charge < -0.3 is 10.6 Å². The van der Waals surface area contributed by atoms with Gasteiger partial charge in [0.15, 0.2) is 0 Å². The maximum atomic E-state index is 5.65. The smallest absolute Gasteiger partial charge is 0.0113 e. The third kappa shape index (κ3) is 3.95. The van der Waals surface area contributed by atoms with Crippen LogP contribution in [0, 0.1) is 0 Å². The van der Waals surface area contributed by atoms with Gasteiger partial charge in [-0.2, -0.15) is 0 Å². The Kier molecular flexibility index (Phi) is 5.45. The van der Waals surface area contributed by atoms with E-state index in [0.717, 1.165) is 25.7 Å². The number of hydrogen-bond acceptors (Lipinski definition) is 3. The zero-order chi connectivity index (χ0) is 10.4. The topological polar surface area (TPSA) is 32.5 Å². The van der Waals surface area contributed by atoms with E-state index in [0.29, 0.717) is 0 Å². The molecule has 0 aromatic rings. The summed E-state index contributed by atoms with van der Waals surface area (Å²) in [5.74, 6) is 0. The first-order valence-electron chi connectivity index (χ1n) is 5.83. The van der Waals surface area contributed by atoms with Gasteiger partial charge in [-0.3, -0.25) is 4.90 Å². The maximum absolute atomic E-state index is 5.65. The van der Waals surface area contributed by atoms with Crippen LogP contribution in [0.4, 0.5) is 0 Å². The predicted molar refractivity (Wildman–Crippen MR) is 61.4 cm³/mol. The number of nitrogens with zero attached hydrogens (tertiary/aromatic N) is 2. The van der Waals surface area contributed by atoms with E-state index in [-0.39, 0.29) is 0 Å². The Morgan fingerprint density at radius 1 is 1.07 bits per heavy atom. The molecular weight excluding hydrogens is 174 g/mol. The number of rotatable bonds is 6. The Labute approximate surface area is 88.2 Å². The van der Waals surface area contributed by atoms with E-state index in [1.165, 1.54) is 32.2 Å². The van der Waals surface area contributed by atoms with Crippen molar-refractivity contribution in [2.45, 2.75) is 31.7 Å².